The zero-order valence-electron chi connectivity index (χ0n) is 22.4. The Morgan fingerprint density at radius 1 is 1.29 bits per heavy atom. The van der Waals surface area contributed by atoms with Gasteiger partial charge >= 0.3 is 0 Å². The molecular formula is C28H40N2O8. The van der Waals surface area contributed by atoms with E-state index >= 15 is 0 Å². The number of hydrogen-bond donors (Lipinski definition) is 4. The number of allylic oxidation sites excluding steroid dienone is 1. The molecule has 2 aliphatic rings. The van der Waals surface area contributed by atoms with E-state index in [4.69, 9.17) is 14.2 Å². The molecule has 0 spiro atoms. The van der Waals surface area contributed by atoms with Gasteiger partial charge in [-0.25, -0.2) is 0 Å². The van der Waals surface area contributed by atoms with Crippen molar-refractivity contribution in [2.75, 3.05) is 33.4 Å². The Morgan fingerprint density at radius 3 is 2.68 bits per heavy atom. The minimum absolute atomic E-state index is 0.0447. The summed E-state index contributed by atoms with van der Waals surface area (Å²) in [5, 5.41) is 33.3. The molecule has 1 aliphatic carbocycles. The lowest BCUT2D eigenvalue weighted by molar-refractivity contribution is -0.137. The fourth-order valence-electron chi connectivity index (χ4n) is 4.98. The molecule has 0 saturated carbocycles. The largest absolute Gasteiger partial charge is 0.493 e. The number of nitrogens with one attached hydrogen (secondary N) is 1. The average Bonchev–Trinajstić information content (AvgIpc) is 3.30. The normalized spacial score (nSPS) is 21.7. The number of rotatable bonds is 14. The number of nitrogens with zero attached hydrogens (tertiary/aromatic N) is 1. The maximum absolute atomic E-state index is 13.3. The Hall–Kier alpha value is -2.92. The van der Waals surface area contributed by atoms with E-state index < -0.39 is 30.1 Å². The van der Waals surface area contributed by atoms with Crippen LogP contribution in [0.1, 0.15) is 50.2 Å². The molecule has 38 heavy (non-hydrogen) atoms. The van der Waals surface area contributed by atoms with Crippen LogP contribution in [0.4, 0.5) is 0 Å². The molecular weight excluding hydrogens is 492 g/mol. The first-order valence-electron chi connectivity index (χ1n) is 13.1. The number of fused-ring (bicyclic) bond motifs is 3. The lowest BCUT2D eigenvalue weighted by Gasteiger charge is -2.40. The van der Waals surface area contributed by atoms with Gasteiger partial charge in [0.25, 0.3) is 0 Å². The molecule has 210 valence electrons. The first kappa shape index (κ1) is 29.6. The quantitative estimate of drug-likeness (QED) is 0.209. The van der Waals surface area contributed by atoms with Gasteiger partial charge in [0.15, 0.2) is 11.5 Å². The van der Waals surface area contributed by atoms with Crippen LogP contribution in [-0.4, -0.2) is 89.8 Å². The highest BCUT2D eigenvalue weighted by molar-refractivity contribution is 5.96. The summed E-state index contributed by atoms with van der Waals surface area (Å²) >= 11 is 0. The molecule has 4 atom stereocenters. The van der Waals surface area contributed by atoms with Gasteiger partial charge in [0.1, 0.15) is 12.2 Å². The molecule has 0 fully saturated rings. The van der Waals surface area contributed by atoms with Gasteiger partial charge in [-0.3, -0.25) is 9.59 Å². The Morgan fingerprint density at radius 2 is 2.05 bits per heavy atom. The fraction of sp³-hybridized carbons (Fsp3) is 0.571. The van der Waals surface area contributed by atoms with Crippen LogP contribution in [0.15, 0.2) is 36.4 Å². The molecule has 0 radical (unpaired) electrons. The van der Waals surface area contributed by atoms with E-state index in [-0.39, 0.29) is 38.2 Å². The first-order valence-corrected chi connectivity index (χ1v) is 13.1. The predicted molar refractivity (Wildman–Crippen MR) is 141 cm³/mol. The van der Waals surface area contributed by atoms with Crippen molar-refractivity contribution in [2.45, 2.75) is 70.0 Å². The highest BCUT2D eigenvalue weighted by Crippen LogP contribution is 2.51. The number of amides is 2. The summed E-state index contributed by atoms with van der Waals surface area (Å²) < 4.78 is 17.4. The van der Waals surface area contributed by atoms with E-state index in [2.05, 4.69) is 11.9 Å². The summed E-state index contributed by atoms with van der Waals surface area (Å²) in [5.74, 6) is -0.513. The van der Waals surface area contributed by atoms with Crippen molar-refractivity contribution in [1.29, 1.82) is 0 Å². The van der Waals surface area contributed by atoms with Gasteiger partial charge in [0.05, 0.1) is 38.4 Å². The zero-order chi connectivity index (χ0) is 27.8. The number of hydrogen-bond acceptors (Lipinski definition) is 8. The third-order valence-corrected chi connectivity index (χ3v) is 6.73. The van der Waals surface area contributed by atoms with Crippen molar-refractivity contribution in [2.24, 2.45) is 0 Å². The van der Waals surface area contributed by atoms with Crippen molar-refractivity contribution in [1.82, 2.24) is 10.2 Å². The van der Waals surface area contributed by atoms with E-state index in [0.29, 0.717) is 54.2 Å². The molecule has 1 aromatic rings. The number of benzene rings is 1. The van der Waals surface area contributed by atoms with E-state index in [1.807, 2.05) is 13.8 Å². The van der Waals surface area contributed by atoms with Crippen LogP contribution in [0.3, 0.4) is 0 Å². The second-order valence-electron chi connectivity index (χ2n) is 9.70. The molecule has 1 aromatic carbocycles. The number of methoxy groups -OCH3 is 1. The zero-order valence-corrected chi connectivity index (χ0v) is 22.4. The van der Waals surface area contributed by atoms with Gasteiger partial charge in [0, 0.05) is 37.3 Å². The molecule has 10 nitrogen and oxygen atoms in total. The summed E-state index contributed by atoms with van der Waals surface area (Å²) in [7, 11) is 1.48. The Kier molecular flexibility index (Phi) is 10.7. The highest BCUT2D eigenvalue weighted by atomic mass is 16.5. The first-order chi connectivity index (χ1) is 18.3. The smallest absolute Gasteiger partial charge is 0.247 e. The minimum atomic E-state index is -1.15. The summed E-state index contributed by atoms with van der Waals surface area (Å²) in [6.45, 7) is 7.88. The number of carbonyl (C=O) groups is 2. The molecule has 0 unspecified atom stereocenters. The molecule has 1 aliphatic heterocycles. The standard InChI is InChI=1S/C28H40N2O8/c1-5-6-8-23(33)30(10-7-12-37-17(2)3)21-15-20(28(35)29-9-11-31)24-19-13-18(16-32)14-22(36-4)26(19)38-27(24)25(21)34/h5,13-15,17,21,24-25,27,31-32,34H,1,6-12,16H2,2-4H3,(H,29,35)/t21-,24+,25+,27+/m1/s1. The maximum Gasteiger partial charge on any atom is 0.247 e. The van der Waals surface area contributed by atoms with Gasteiger partial charge in [0.2, 0.25) is 11.8 Å². The van der Waals surface area contributed by atoms with Crippen molar-refractivity contribution in [3.8, 4) is 11.5 Å². The molecule has 10 heteroatoms. The second kappa shape index (κ2) is 13.7. The van der Waals surface area contributed by atoms with Gasteiger partial charge in [-0.15, -0.1) is 6.58 Å². The van der Waals surface area contributed by atoms with Crippen molar-refractivity contribution in [3.05, 3.63) is 47.6 Å². The number of ether oxygens (including phenoxy) is 3. The van der Waals surface area contributed by atoms with Crippen LogP contribution < -0.4 is 14.8 Å². The lowest BCUT2D eigenvalue weighted by Crippen LogP contribution is -2.56. The highest BCUT2D eigenvalue weighted by Gasteiger charge is 2.51. The molecule has 0 saturated heterocycles. The molecule has 0 bridgehead atoms. The molecule has 3 rings (SSSR count). The van der Waals surface area contributed by atoms with Crippen molar-refractivity contribution in [3.63, 3.8) is 0 Å². The van der Waals surface area contributed by atoms with Gasteiger partial charge in [-0.2, -0.15) is 0 Å². The van der Waals surface area contributed by atoms with Gasteiger partial charge < -0.3 is 39.7 Å². The van der Waals surface area contributed by atoms with Crippen molar-refractivity contribution >= 4 is 11.8 Å². The van der Waals surface area contributed by atoms with Crippen LogP contribution >= 0.6 is 0 Å². The van der Waals surface area contributed by atoms with E-state index in [0.717, 1.165) is 0 Å². The third-order valence-electron chi connectivity index (χ3n) is 6.73. The summed E-state index contributed by atoms with van der Waals surface area (Å²) in [4.78, 5) is 28.2. The minimum Gasteiger partial charge on any atom is -0.493 e. The van der Waals surface area contributed by atoms with E-state index in [1.165, 1.54) is 7.11 Å². The van der Waals surface area contributed by atoms with Crippen LogP contribution in [0.25, 0.3) is 0 Å². The van der Waals surface area contributed by atoms with E-state index in [9.17, 15) is 24.9 Å². The van der Waals surface area contributed by atoms with E-state index in [1.54, 1.807) is 29.2 Å². The number of carbonyl (C=O) groups excluding carboxylic acids is 2. The average molecular weight is 533 g/mol. The fourth-order valence-corrected chi connectivity index (χ4v) is 4.98. The maximum atomic E-state index is 13.3. The van der Waals surface area contributed by atoms with Crippen LogP contribution in [0.2, 0.25) is 0 Å². The number of aliphatic hydroxyl groups is 3. The van der Waals surface area contributed by atoms with Crippen molar-refractivity contribution < 1.29 is 39.1 Å². The third kappa shape index (κ3) is 6.55. The predicted octanol–water partition coefficient (Wildman–Crippen LogP) is 1.42. The summed E-state index contributed by atoms with van der Waals surface area (Å²) in [6.07, 6.45) is 2.54. The lowest BCUT2D eigenvalue weighted by atomic mass is 9.77. The molecule has 2 amide bonds. The topological polar surface area (TPSA) is 138 Å². The molecule has 0 aromatic heterocycles. The molecule has 4 N–H and O–H groups in total. The Balaban J connectivity index is 2.04. The van der Waals surface area contributed by atoms with Gasteiger partial charge in [-0.05, 0) is 50.5 Å². The summed E-state index contributed by atoms with van der Waals surface area (Å²) in [6, 6.07) is 2.55. The Labute approximate surface area is 223 Å². The number of aliphatic hydroxyl groups excluding tert-OH is 3. The SMILES string of the molecule is C=CCCC(=O)N(CCCOC(C)C)[C@@H]1C=C(C(=O)NCCO)[C@@H]2c3cc(CO)cc(OC)c3O[C@@H]2[C@H]1O. The second-order valence-corrected chi connectivity index (χ2v) is 9.70. The summed E-state index contributed by atoms with van der Waals surface area (Å²) in [5.41, 5.74) is 1.49. The molecule has 1 heterocycles. The van der Waals surface area contributed by atoms with Crippen LogP contribution in [0, 0.1) is 0 Å². The monoisotopic (exact) mass is 532 g/mol. The van der Waals surface area contributed by atoms with Gasteiger partial charge in [-0.1, -0.05) is 6.08 Å². The van der Waals surface area contributed by atoms with Crippen LogP contribution in [0.5, 0.6) is 11.5 Å². The van der Waals surface area contributed by atoms with Crippen LogP contribution in [-0.2, 0) is 20.9 Å². The Bertz CT molecular complexity index is 1020.